The van der Waals surface area contributed by atoms with Crippen molar-refractivity contribution in [3.05, 3.63) is 60.2 Å². The third-order valence-electron chi connectivity index (χ3n) is 4.37. The third-order valence-corrected chi connectivity index (χ3v) is 4.37. The first-order chi connectivity index (χ1) is 11.3. The fourth-order valence-corrected chi connectivity index (χ4v) is 3.10. The number of likely N-dealkylation sites (tertiary alicyclic amines) is 1. The van der Waals surface area contributed by atoms with Gasteiger partial charge in [0.15, 0.2) is 0 Å². The molecule has 1 aliphatic heterocycles. The van der Waals surface area contributed by atoms with Crippen LogP contribution in [0.3, 0.4) is 0 Å². The summed E-state index contributed by atoms with van der Waals surface area (Å²) in [6.07, 6.45) is 2.04. The van der Waals surface area contributed by atoms with E-state index in [9.17, 15) is 10.4 Å². The average molecular weight is 307 g/mol. The Bertz CT molecular complexity index is 655. The molecule has 4 nitrogen and oxygen atoms in total. The molecule has 2 aromatic rings. The molecule has 1 fully saturated rings. The Morgan fingerprint density at radius 3 is 2.30 bits per heavy atom. The van der Waals surface area contributed by atoms with Crippen LogP contribution in [0, 0.1) is 11.3 Å². The number of phenols is 1. The van der Waals surface area contributed by atoms with E-state index >= 15 is 0 Å². The maximum Gasteiger partial charge on any atom is 0.123 e. The van der Waals surface area contributed by atoms with Gasteiger partial charge >= 0.3 is 0 Å². The zero-order valence-electron chi connectivity index (χ0n) is 13.0. The second-order valence-corrected chi connectivity index (χ2v) is 5.94. The van der Waals surface area contributed by atoms with E-state index in [2.05, 4.69) is 28.4 Å². The lowest BCUT2D eigenvalue weighted by Gasteiger charge is -2.35. The largest absolute Gasteiger partial charge is 0.508 e. The van der Waals surface area contributed by atoms with Crippen molar-refractivity contribution in [2.24, 2.45) is 0 Å². The van der Waals surface area contributed by atoms with Crippen LogP contribution in [-0.2, 0) is 0 Å². The van der Waals surface area contributed by atoms with Gasteiger partial charge in [-0.15, -0.1) is 0 Å². The molecule has 2 aromatic carbocycles. The van der Waals surface area contributed by atoms with Crippen molar-refractivity contribution in [2.75, 3.05) is 18.4 Å². The number of hydrogen-bond acceptors (Lipinski definition) is 4. The SMILES string of the molecule is N#CC(c1ccc(O)cc1)N1CCC(Nc2ccccc2)CC1. The number of nitrogens with zero attached hydrogens (tertiary/aromatic N) is 2. The van der Waals surface area contributed by atoms with Gasteiger partial charge in [-0.3, -0.25) is 4.90 Å². The molecule has 1 heterocycles. The van der Waals surface area contributed by atoms with E-state index in [1.807, 2.05) is 30.3 Å². The molecular weight excluding hydrogens is 286 g/mol. The van der Waals surface area contributed by atoms with Crippen molar-refractivity contribution >= 4 is 5.69 Å². The Morgan fingerprint density at radius 2 is 1.70 bits per heavy atom. The van der Waals surface area contributed by atoms with Gasteiger partial charge < -0.3 is 10.4 Å². The second-order valence-electron chi connectivity index (χ2n) is 5.94. The van der Waals surface area contributed by atoms with E-state index < -0.39 is 0 Å². The molecule has 0 saturated carbocycles. The van der Waals surface area contributed by atoms with Crippen LogP contribution < -0.4 is 5.32 Å². The molecule has 1 unspecified atom stereocenters. The van der Waals surface area contributed by atoms with E-state index in [4.69, 9.17) is 0 Å². The molecule has 0 aromatic heterocycles. The fraction of sp³-hybridized carbons (Fsp3) is 0.316. The van der Waals surface area contributed by atoms with Gasteiger partial charge in [-0.1, -0.05) is 30.3 Å². The van der Waals surface area contributed by atoms with Gasteiger partial charge in [0.2, 0.25) is 0 Å². The summed E-state index contributed by atoms with van der Waals surface area (Å²) in [5, 5.41) is 22.5. The molecule has 0 amide bonds. The fourth-order valence-electron chi connectivity index (χ4n) is 3.10. The Balaban J connectivity index is 1.59. The number of rotatable bonds is 4. The van der Waals surface area contributed by atoms with Crippen LogP contribution in [0.2, 0.25) is 0 Å². The van der Waals surface area contributed by atoms with Gasteiger partial charge in [0, 0.05) is 24.8 Å². The van der Waals surface area contributed by atoms with Crippen molar-refractivity contribution in [3.8, 4) is 11.8 Å². The van der Waals surface area contributed by atoms with Crippen LogP contribution in [0.5, 0.6) is 5.75 Å². The predicted molar refractivity (Wildman–Crippen MR) is 91.1 cm³/mol. The molecule has 1 saturated heterocycles. The summed E-state index contributed by atoms with van der Waals surface area (Å²) in [6, 6.07) is 19.8. The van der Waals surface area contributed by atoms with E-state index in [1.54, 1.807) is 12.1 Å². The van der Waals surface area contributed by atoms with Crippen molar-refractivity contribution in [1.29, 1.82) is 5.26 Å². The smallest absolute Gasteiger partial charge is 0.123 e. The van der Waals surface area contributed by atoms with E-state index in [0.29, 0.717) is 6.04 Å². The number of nitriles is 1. The molecular formula is C19H21N3O. The summed E-state index contributed by atoms with van der Waals surface area (Å²) in [4.78, 5) is 2.22. The summed E-state index contributed by atoms with van der Waals surface area (Å²) in [7, 11) is 0. The standard InChI is InChI=1S/C19H21N3O/c20-14-19(15-6-8-18(23)9-7-15)22-12-10-17(11-13-22)21-16-4-2-1-3-5-16/h1-9,17,19,21,23H,10-13H2. The summed E-state index contributed by atoms with van der Waals surface area (Å²) in [5.41, 5.74) is 2.10. The highest BCUT2D eigenvalue weighted by molar-refractivity contribution is 5.43. The molecule has 0 spiro atoms. The minimum Gasteiger partial charge on any atom is -0.508 e. The van der Waals surface area contributed by atoms with Crippen LogP contribution in [0.4, 0.5) is 5.69 Å². The highest BCUT2D eigenvalue weighted by Gasteiger charge is 2.26. The summed E-state index contributed by atoms with van der Waals surface area (Å²) in [5.74, 6) is 0.233. The zero-order chi connectivity index (χ0) is 16.1. The Hall–Kier alpha value is -2.51. The number of aromatic hydroxyl groups is 1. The lowest BCUT2D eigenvalue weighted by atomic mass is 9.99. The molecule has 118 valence electrons. The first kappa shape index (κ1) is 15.4. The minimum absolute atomic E-state index is 0.233. The Labute approximate surface area is 137 Å². The van der Waals surface area contributed by atoms with E-state index in [1.165, 1.54) is 0 Å². The molecule has 2 N–H and O–H groups in total. The number of benzene rings is 2. The molecule has 0 radical (unpaired) electrons. The van der Waals surface area contributed by atoms with Crippen molar-refractivity contribution in [3.63, 3.8) is 0 Å². The Morgan fingerprint density at radius 1 is 1.04 bits per heavy atom. The van der Waals surface area contributed by atoms with Gasteiger partial charge in [-0.2, -0.15) is 5.26 Å². The average Bonchev–Trinajstić information content (AvgIpc) is 2.60. The molecule has 23 heavy (non-hydrogen) atoms. The third kappa shape index (κ3) is 3.82. The zero-order valence-corrected chi connectivity index (χ0v) is 13.0. The number of anilines is 1. The molecule has 4 heteroatoms. The molecule has 1 aliphatic rings. The quantitative estimate of drug-likeness (QED) is 0.907. The number of phenolic OH excluding ortho intramolecular Hbond substituents is 1. The maximum absolute atomic E-state index is 9.53. The van der Waals surface area contributed by atoms with Gasteiger partial charge in [0.1, 0.15) is 11.8 Å². The van der Waals surface area contributed by atoms with Crippen molar-refractivity contribution in [1.82, 2.24) is 4.90 Å². The van der Waals surface area contributed by atoms with Crippen molar-refractivity contribution in [2.45, 2.75) is 24.9 Å². The number of nitrogens with one attached hydrogen (secondary N) is 1. The van der Waals surface area contributed by atoms with E-state index in [-0.39, 0.29) is 11.8 Å². The van der Waals surface area contributed by atoms with E-state index in [0.717, 1.165) is 37.2 Å². The summed E-state index contributed by atoms with van der Waals surface area (Å²) in [6.45, 7) is 1.78. The number of para-hydroxylation sites is 1. The lowest BCUT2D eigenvalue weighted by Crippen LogP contribution is -2.40. The van der Waals surface area contributed by atoms with Crippen LogP contribution in [0.15, 0.2) is 54.6 Å². The predicted octanol–water partition coefficient (Wildman–Crippen LogP) is 3.53. The van der Waals surface area contributed by atoms with Crippen LogP contribution in [0.1, 0.15) is 24.4 Å². The second kappa shape index (κ2) is 7.17. The normalized spacial score (nSPS) is 17.3. The molecule has 1 atom stereocenters. The van der Waals surface area contributed by atoms with Gasteiger partial charge in [-0.05, 0) is 42.7 Å². The Kier molecular flexibility index (Phi) is 4.80. The number of piperidine rings is 1. The summed E-state index contributed by atoms with van der Waals surface area (Å²) >= 11 is 0. The lowest BCUT2D eigenvalue weighted by molar-refractivity contribution is 0.188. The summed E-state index contributed by atoms with van der Waals surface area (Å²) < 4.78 is 0. The van der Waals surface area contributed by atoms with Gasteiger partial charge in [0.25, 0.3) is 0 Å². The highest BCUT2D eigenvalue weighted by Crippen LogP contribution is 2.26. The maximum atomic E-state index is 9.53. The van der Waals surface area contributed by atoms with Crippen LogP contribution in [-0.4, -0.2) is 29.1 Å². The first-order valence-electron chi connectivity index (χ1n) is 8.00. The highest BCUT2D eigenvalue weighted by atomic mass is 16.3. The first-order valence-corrected chi connectivity index (χ1v) is 8.00. The number of hydrogen-bond donors (Lipinski definition) is 2. The molecule has 3 rings (SSSR count). The van der Waals surface area contributed by atoms with Gasteiger partial charge in [-0.25, -0.2) is 0 Å². The van der Waals surface area contributed by atoms with Crippen molar-refractivity contribution < 1.29 is 5.11 Å². The topological polar surface area (TPSA) is 59.3 Å². The minimum atomic E-state index is -0.242. The van der Waals surface area contributed by atoms with Crippen LogP contribution >= 0.6 is 0 Å². The molecule has 0 aliphatic carbocycles. The van der Waals surface area contributed by atoms with Gasteiger partial charge in [0.05, 0.1) is 6.07 Å². The van der Waals surface area contributed by atoms with Crippen LogP contribution in [0.25, 0.3) is 0 Å². The molecule has 0 bridgehead atoms. The monoisotopic (exact) mass is 307 g/mol.